The van der Waals surface area contributed by atoms with Crippen molar-refractivity contribution >= 4 is 28.3 Å². The number of piperidine rings is 1. The minimum absolute atomic E-state index is 0.0742. The molecule has 0 radical (unpaired) electrons. The fourth-order valence-electron chi connectivity index (χ4n) is 3.01. The number of halogens is 5. The second-order valence-corrected chi connectivity index (χ2v) is 10.3. The fraction of sp³-hybridized carbons (Fsp3) is 0.632. The maximum atomic E-state index is 13.6. The summed E-state index contributed by atoms with van der Waals surface area (Å²) < 4.78 is 68.9. The van der Waals surface area contributed by atoms with Crippen molar-refractivity contribution in [3.8, 4) is 0 Å². The van der Waals surface area contributed by atoms with Gasteiger partial charge in [0.05, 0.1) is 15.5 Å². The molecule has 1 aromatic carbocycles. The van der Waals surface area contributed by atoms with Crippen molar-refractivity contribution in [2.45, 2.75) is 57.5 Å². The van der Waals surface area contributed by atoms with Crippen molar-refractivity contribution in [2.75, 3.05) is 13.1 Å². The minimum atomic E-state index is -4.28. The van der Waals surface area contributed by atoms with Gasteiger partial charge in [-0.1, -0.05) is 17.7 Å². The van der Waals surface area contributed by atoms with Crippen LogP contribution < -0.4 is 0 Å². The van der Waals surface area contributed by atoms with Gasteiger partial charge in [-0.2, -0.15) is 17.6 Å². The molecule has 0 bridgehead atoms. The van der Waals surface area contributed by atoms with E-state index in [0.717, 1.165) is 6.92 Å². The predicted molar refractivity (Wildman–Crippen MR) is 106 cm³/mol. The van der Waals surface area contributed by atoms with E-state index in [9.17, 15) is 21.8 Å². The van der Waals surface area contributed by atoms with E-state index >= 15 is 0 Å². The number of rotatable bonds is 4. The molecule has 1 saturated heterocycles. The first-order chi connectivity index (χ1) is 12.8. The average molecular weight is 441 g/mol. The normalized spacial score (nSPS) is 20.2. The highest BCUT2D eigenvalue weighted by molar-refractivity contribution is 7.85. The number of nitrogens with zero attached hydrogens (tertiary/aromatic N) is 2. The SMILES string of the molecule is CC(N1CCC(/C(=N/[S@@](=O)C(C)(C)C)c2ccc(F)c(Cl)c2)CC1)C(F)(F)F. The molecular formula is C19H25ClF4N2OS. The molecule has 0 aromatic heterocycles. The summed E-state index contributed by atoms with van der Waals surface area (Å²) in [6, 6.07) is 2.65. The van der Waals surface area contributed by atoms with Crippen molar-refractivity contribution < 1.29 is 21.8 Å². The lowest BCUT2D eigenvalue weighted by Gasteiger charge is -2.37. The lowest BCUT2D eigenvalue weighted by molar-refractivity contribution is -0.181. The van der Waals surface area contributed by atoms with Crippen molar-refractivity contribution in [1.82, 2.24) is 4.90 Å². The van der Waals surface area contributed by atoms with Gasteiger partial charge in [0.15, 0.2) is 0 Å². The Morgan fingerprint density at radius 2 is 1.82 bits per heavy atom. The molecule has 0 N–H and O–H groups in total. The Balaban J connectivity index is 2.30. The Bertz CT molecular complexity index is 753. The van der Waals surface area contributed by atoms with Crippen LogP contribution in [0.2, 0.25) is 5.02 Å². The third-order valence-electron chi connectivity index (χ3n) is 4.86. The van der Waals surface area contributed by atoms with E-state index < -0.39 is 33.8 Å². The fourth-order valence-corrected chi connectivity index (χ4v) is 3.90. The summed E-state index contributed by atoms with van der Waals surface area (Å²) in [4.78, 5) is 1.40. The van der Waals surface area contributed by atoms with Crippen LogP contribution in [0, 0.1) is 11.7 Å². The predicted octanol–water partition coefficient (Wildman–Crippen LogP) is 5.39. The zero-order chi connectivity index (χ0) is 21.3. The first kappa shape index (κ1) is 23.3. The topological polar surface area (TPSA) is 32.7 Å². The van der Waals surface area contributed by atoms with E-state index in [1.807, 2.05) is 0 Å². The summed E-state index contributed by atoms with van der Waals surface area (Å²) in [5.74, 6) is -0.750. The van der Waals surface area contributed by atoms with E-state index in [1.165, 1.54) is 23.1 Å². The van der Waals surface area contributed by atoms with Gasteiger partial charge in [-0.3, -0.25) is 4.90 Å². The molecule has 3 nitrogen and oxygen atoms in total. The van der Waals surface area contributed by atoms with E-state index in [1.54, 1.807) is 20.8 Å². The van der Waals surface area contributed by atoms with Crippen molar-refractivity contribution in [3.63, 3.8) is 0 Å². The van der Waals surface area contributed by atoms with Gasteiger partial charge in [0.1, 0.15) is 22.8 Å². The third-order valence-corrected chi connectivity index (χ3v) is 6.56. The van der Waals surface area contributed by atoms with Crippen LogP contribution in [0.15, 0.2) is 22.6 Å². The lowest BCUT2D eigenvalue weighted by atomic mass is 9.87. The van der Waals surface area contributed by atoms with Crippen LogP contribution in [0.25, 0.3) is 0 Å². The molecule has 1 aliphatic rings. The molecule has 1 aromatic rings. The molecule has 9 heteroatoms. The lowest BCUT2D eigenvalue weighted by Crippen LogP contribution is -2.48. The van der Waals surface area contributed by atoms with Crippen LogP contribution in [0.5, 0.6) is 0 Å². The number of likely N-dealkylation sites (tertiary alicyclic amines) is 1. The smallest absolute Gasteiger partial charge is 0.292 e. The molecule has 1 heterocycles. The van der Waals surface area contributed by atoms with Gasteiger partial charge in [-0.25, -0.2) is 8.60 Å². The van der Waals surface area contributed by atoms with Gasteiger partial charge in [-0.05, 0) is 71.3 Å². The summed E-state index contributed by atoms with van der Waals surface area (Å²) in [5.41, 5.74) is 1.06. The third kappa shape index (κ3) is 5.76. The van der Waals surface area contributed by atoms with E-state index in [0.29, 0.717) is 24.1 Å². The largest absolute Gasteiger partial charge is 0.403 e. The molecule has 0 aliphatic carbocycles. The van der Waals surface area contributed by atoms with E-state index in [-0.39, 0.29) is 24.0 Å². The molecule has 2 atom stereocenters. The summed E-state index contributed by atoms with van der Waals surface area (Å²) >= 11 is 5.90. The first-order valence-electron chi connectivity index (χ1n) is 9.07. The molecule has 1 aliphatic heterocycles. The molecule has 1 fully saturated rings. The molecule has 0 saturated carbocycles. The van der Waals surface area contributed by atoms with Crippen molar-refractivity contribution in [1.29, 1.82) is 0 Å². The van der Waals surface area contributed by atoms with Crippen LogP contribution in [0.1, 0.15) is 46.1 Å². The minimum Gasteiger partial charge on any atom is -0.292 e. The highest BCUT2D eigenvalue weighted by Crippen LogP contribution is 2.31. The number of benzene rings is 1. The van der Waals surface area contributed by atoms with E-state index in [2.05, 4.69) is 4.40 Å². The monoisotopic (exact) mass is 440 g/mol. The van der Waals surface area contributed by atoms with Gasteiger partial charge < -0.3 is 0 Å². The maximum Gasteiger partial charge on any atom is 0.403 e. The molecule has 28 heavy (non-hydrogen) atoms. The van der Waals surface area contributed by atoms with E-state index in [4.69, 9.17) is 11.6 Å². The quantitative estimate of drug-likeness (QED) is 0.464. The molecule has 158 valence electrons. The number of alkyl halides is 3. The highest BCUT2D eigenvalue weighted by atomic mass is 35.5. The zero-order valence-corrected chi connectivity index (χ0v) is 17.9. The summed E-state index contributed by atoms with van der Waals surface area (Å²) in [6.07, 6.45) is -3.40. The van der Waals surface area contributed by atoms with Crippen LogP contribution in [-0.2, 0) is 11.0 Å². The molecule has 0 spiro atoms. The van der Waals surface area contributed by atoms with Crippen LogP contribution in [-0.4, -0.2) is 44.9 Å². The number of hydrogen-bond acceptors (Lipinski definition) is 2. The highest BCUT2D eigenvalue weighted by Gasteiger charge is 2.41. The van der Waals surface area contributed by atoms with Gasteiger partial charge in [0.2, 0.25) is 0 Å². The Kier molecular flexibility index (Phi) is 7.32. The van der Waals surface area contributed by atoms with Crippen molar-refractivity contribution in [3.05, 3.63) is 34.6 Å². The summed E-state index contributed by atoms with van der Waals surface area (Å²) in [6.45, 7) is 7.02. The first-order valence-corrected chi connectivity index (χ1v) is 10.6. The van der Waals surface area contributed by atoms with Crippen LogP contribution in [0.3, 0.4) is 0 Å². The zero-order valence-electron chi connectivity index (χ0n) is 16.3. The molecule has 2 rings (SSSR count). The Morgan fingerprint density at radius 3 is 2.29 bits per heavy atom. The van der Waals surface area contributed by atoms with Gasteiger partial charge in [0.25, 0.3) is 0 Å². The average Bonchev–Trinajstić information content (AvgIpc) is 2.60. The number of hydrogen-bond donors (Lipinski definition) is 0. The Hall–Kier alpha value is -0.990. The Labute approximate surface area is 170 Å². The van der Waals surface area contributed by atoms with Crippen molar-refractivity contribution in [2.24, 2.45) is 10.3 Å². The van der Waals surface area contributed by atoms with Crippen LogP contribution in [0.4, 0.5) is 17.6 Å². The van der Waals surface area contributed by atoms with Gasteiger partial charge in [-0.15, -0.1) is 0 Å². The van der Waals surface area contributed by atoms with Gasteiger partial charge >= 0.3 is 6.18 Å². The standard InChI is InChI=1S/C19H25ClF4N2OS/c1-12(19(22,23)24)26-9-7-13(8-10-26)17(25-28(27)18(2,3)4)14-5-6-16(21)15(20)11-14/h5-6,11-13H,7-10H2,1-4H3/b25-17-/t12?,28-/m0/s1. The Morgan fingerprint density at radius 1 is 1.25 bits per heavy atom. The molecule has 1 unspecified atom stereocenters. The second kappa shape index (κ2) is 8.79. The van der Waals surface area contributed by atoms with Crippen LogP contribution >= 0.6 is 11.6 Å². The second-order valence-electron chi connectivity index (χ2n) is 7.99. The summed E-state index contributed by atoms with van der Waals surface area (Å²) in [5, 5.41) is -0.0742. The molecular weight excluding hydrogens is 416 g/mol. The molecule has 0 amide bonds. The summed E-state index contributed by atoms with van der Waals surface area (Å²) in [7, 11) is -1.56. The van der Waals surface area contributed by atoms with Gasteiger partial charge in [0, 0.05) is 5.92 Å². The maximum absolute atomic E-state index is 13.6.